The van der Waals surface area contributed by atoms with Gasteiger partial charge in [0.1, 0.15) is 16.4 Å². The molecule has 0 fully saturated rings. The first-order valence-corrected chi connectivity index (χ1v) is 9.87. The van der Waals surface area contributed by atoms with E-state index in [2.05, 4.69) is 20.4 Å². The van der Waals surface area contributed by atoms with E-state index in [1.807, 2.05) is 49.4 Å². The molecule has 4 aromatic rings. The zero-order chi connectivity index (χ0) is 20.9. The van der Waals surface area contributed by atoms with E-state index < -0.39 is 0 Å². The highest BCUT2D eigenvalue weighted by atomic mass is 32.1. The predicted octanol–water partition coefficient (Wildman–Crippen LogP) is 4.19. The number of methoxy groups -OCH3 is 1. The van der Waals surface area contributed by atoms with Crippen LogP contribution >= 0.6 is 11.3 Å². The average Bonchev–Trinajstić information content (AvgIpc) is 3.40. The second-order valence-corrected chi connectivity index (χ2v) is 7.23. The average molecular weight is 422 g/mol. The van der Waals surface area contributed by atoms with Gasteiger partial charge in [0.2, 0.25) is 5.82 Å². The Balaban J connectivity index is 1.43. The summed E-state index contributed by atoms with van der Waals surface area (Å²) in [6.45, 7) is 1.71. The van der Waals surface area contributed by atoms with Crippen LogP contribution in [-0.4, -0.2) is 34.7 Å². The summed E-state index contributed by atoms with van der Waals surface area (Å²) in [6.07, 6.45) is 0. The number of ether oxygens (including phenoxy) is 2. The van der Waals surface area contributed by atoms with Crippen molar-refractivity contribution in [1.29, 1.82) is 0 Å². The minimum atomic E-state index is -0.302. The Kier molecular flexibility index (Phi) is 5.71. The van der Waals surface area contributed by atoms with E-state index in [1.54, 1.807) is 19.2 Å². The molecule has 9 heteroatoms. The number of para-hydroxylation sites is 1. The number of carbonyl (C=O) groups excluding carboxylic acids is 1. The van der Waals surface area contributed by atoms with Crippen molar-refractivity contribution in [3.8, 4) is 33.7 Å². The van der Waals surface area contributed by atoms with Gasteiger partial charge in [0.15, 0.2) is 11.7 Å². The third-order valence-electron chi connectivity index (χ3n) is 4.12. The molecule has 0 saturated carbocycles. The van der Waals surface area contributed by atoms with Crippen LogP contribution in [0.15, 0.2) is 59.1 Å². The molecule has 1 N–H and O–H groups in total. The third-order valence-corrected chi connectivity index (χ3v) is 5.19. The second-order valence-electron chi connectivity index (χ2n) is 6.24. The lowest BCUT2D eigenvalue weighted by Gasteiger charge is -2.05. The van der Waals surface area contributed by atoms with Crippen LogP contribution in [0, 0.1) is 6.92 Å². The molecule has 0 unspecified atom stereocenters. The smallest absolute Gasteiger partial charge is 0.270 e. The number of nitrogens with zero attached hydrogens (tertiary/aromatic N) is 3. The topological polar surface area (TPSA) is 99.4 Å². The van der Waals surface area contributed by atoms with Crippen molar-refractivity contribution in [3.63, 3.8) is 0 Å². The van der Waals surface area contributed by atoms with Crippen molar-refractivity contribution in [2.24, 2.45) is 0 Å². The van der Waals surface area contributed by atoms with Gasteiger partial charge >= 0.3 is 0 Å². The number of nitrogens with one attached hydrogen (secondary N) is 1. The summed E-state index contributed by atoms with van der Waals surface area (Å²) in [5.41, 5.74) is 1.49. The summed E-state index contributed by atoms with van der Waals surface area (Å²) in [6, 6.07) is 16.5. The number of aromatic nitrogens is 3. The van der Waals surface area contributed by atoms with Crippen LogP contribution in [0.4, 0.5) is 5.13 Å². The van der Waals surface area contributed by atoms with E-state index in [9.17, 15) is 4.79 Å². The number of hydrogen-bond acceptors (Lipinski definition) is 8. The highest BCUT2D eigenvalue weighted by Gasteiger charge is 2.18. The van der Waals surface area contributed by atoms with Crippen molar-refractivity contribution in [2.45, 2.75) is 6.92 Å². The molecule has 2 heterocycles. The lowest BCUT2D eigenvalue weighted by atomic mass is 10.2. The van der Waals surface area contributed by atoms with Crippen molar-refractivity contribution in [2.75, 3.05) is 19.0 Å². The van der Waals surface area contributed by atoms with Gasteiger partial charge in [-0.15, -0.1) is 0 Å². The van der Waals surface area contributed by atoms with E-state index >= 15 is 0 Å². The number of hydrogen-bond donors (Lipinski definition) is 1. The van der Waals surface area contributed by atoms with Crippen LogP contribution in [0.2, 0.25) is 0 Å². The van der Waals surface area contributed by atoms with E-state index in [-0.39, 0.29) is 12.5 Å². The van der Waals surface area contributed by atoms with Crippen LogP contribution < -0.4 is 14.8 Å². The monoisotopic (exact) mass is 422 g/mol. The molecule has 0 spiro atoms. The standard InChI is InChI=1S/C21H18N4O4S/c1-13-18(20-24-19(25-29-20)14-8-10-15(27-2)11-9-14)30-21(22-13)23-17(26)12-28-16-6-4-3-5-7-16/h3-11H,12H2,1-2H3,(H,22,23,26). The zero-order valence-electron chi connectivity index (χ0n) is 16.3. The molecule has 0 saturated heterocycles. The van der Waals surface area contributed by atoms with Gasteiger partial charge in [0.05, 0.1) is 12.8 Å². The van der Waals surface area contributed by atoms with Gasteiger partial charge in [-0.05, 0) is 43.3 Å². The Morgan fingerprint density at radius 3 is 2.57 bits per heavy atom. The number of anilines is 1. The molecule has 1 amide bonds. The van der Waals surface area contributed by atoms with Gasteiger partial charge in [0.25, 0.3) is 11.8 Å². The quantitative estimate of drug-likeness (QED) is 0.477. The molecule has 0 bridgehead atoms. The zero-order valence-corrected chi connectivity index (χ0v) is 17.1. The molecule has 0 atom stereocenters. The molecule has 8 nitrogen and oxygen atoms in total. The van der Waals surface area contributed by atoms with Gasteiger partial charge < -0.3 is 14.0 Å². The number of benzene rings is 2. The first-order valence-electron chi connectivity index (χ1n) is 9.06. The van der Waals surface area contributed by atoms with Crippen molar-refractivity contribution < 1.29 is 18.8 Å². The van der Waals surface area contributed by atoms with Crippen LogP contribution in [-0.2, 0) is 4.79 Å². The maximum absolute atomic E-state index is 12.2. The molecule has 2 aromatic heterocycles. The molecular weight excluding hydrogens is 404 g/mol. The molecule has 152 valence electrons. The van der Waals surface area contributed by atoms with Gasteiger partial charge in [-0.2, -0.15) is 4.98 Å². The summed E-state index contributed by atoms with van der Waals surface area (Å²) in [5, 5.41) is 7.21. The lowest BCUT2D eigenvalue weighted by molar-refractivity contribution is -0.118. The normalized spacial score (nSPS) is 10.6. The summed E-state index contributed by atoms with van der Waals surface area (Å²) in [7, 11) is 1.61. The predicted molar refractivity (Wildman–Crippen MR) is 113 cm³/mol. The molecule has 0 radical (unpaired) electrons. The van der Waals surface area contributed by atoms with Gasteiger partial charge in [-0.1, -0.05) is 34.7 Å². The summed E-state index contributed by atoms with van der Waals surface area (Å²) < 4.78 is 16.0. The van der Waals surface area contributed by atoms with Crippen molar-refractivity contribution in [3.05, 3.63) is 60.3 Å². The van der Waals surface area contributed by atoms with E-state index in [1.165, 1.54) is 11.3 Å². The highest BCUT2D eigenvalue weighted by molar-refractivity contribution is 7.19. The number of aryl methyl sites for hydroxylation is 1. The lowest BCUT2D eigenvalue weighted by Crippen LogP contribution is -2.20. The molecule has 2 aromatic carbocycles. The van der Waals surface area contributed by atoms with Crippen LogP contribution in [0.5, 0.6) is 11.5 Å². The number of rotatable bonds is 7. The Morgan fingerprint density at radius 2 is 1.83 bits per heavy atom. The van der Waals surface area contributed by atoms with Crippen LogP contribution in [0.25, 0.3) is 22.2 Å². The van der Waals surface area contributed by atoms with E-state index in [4.69, 9.17) is 14.0 Å². The maximum Gasteiger partial charge on any atom is 0.270 e. The first-order chi connectivity index (χ1) is 14.6. The SMILES string of the molecule is COc1ccc(-c2noc(-c3sc(NC(=O)COc4ccccc4)nc3C)n2)cc1. The molecule has 30 heavy (non-hydrogen) atoms. The number of amides is 1. The summed E-state index contributed by atoms with van der Waals surface area (Å²) >= 11 is 1.26. The minimum absolute atomic E-state index is 0.111. The number of carbonyl (C=O) groups is 1. The van der Waals surface area contributed by atoms with Crippen LogP contribution in [0.3, 0.4) is 0 Å². The summed E-state index contributed by atoms with van der Waals surface area (Å²) in [5.74, 6) is 1.88. The largest absolute Gasteiger partial charge is 0.497 e. The van der Waals surface area contributed by atoms with Crippen LogP contribution in [0.1, 0.15) is 5.69 Å². The van der Waals surface area contributed by atoms with E-state index in [0.29, 0.717) is 33.2 Å². The molecular formula is C21H18N4O4S. The van der Waals surface area contributed by atoms with E-state index in [0.717, 1.165) is 11.3 Å². The maximum atomic E-state index is 12.2. The number of thiazole rings is 1. The molecule has 4 rings (SSSR count). The fourth-order valence-electron chi connectivity index (χ4n) is 2.64. The Bertz CT molecular complexity index is 1140. The Hall–Kier alpha value is -3.72. The summed E-state index contributed by atoms with van der Waals surface area (Å²) in [4.78, 5) is 21.7. The molecule has 0 aliphatic rings. The molecule has 0 aliphatic carbocycles. The van der Waals surface area contributed by atoms with Gasteiger partial charge in [-0.25, -0.2) is 4.98 Å². The fourth-order valence-corrected chi connectivity index (χ4v) is 3.55. The van der Waals surface area contributed by atoms with Crippen molar-refractivity contribution >= 4 is 22.4 Å². The Morgan fingerprint density at radius 1 is 1.07 bits per heavy atom. The first kappa shape index (κ1) is 19.6. The Labute approximate surface area is 176 Å². The minimum Gasteiger partial charge on any atom is -0.497 e. The fraction of sp³-hybridized carbons (Fsp3) is 0.143. The second kappa shape index (κ2) is 8.75. The third kappa shape index (κ3) is 4.47. The van der Waals surface area contributed by atoms with Gasteiger partial charge in [-0.3, -0.25) is 10.1 Å². The molecule has 0 aliphatic heterocycles. The van der Waals surface area contributed by atoms with Crippen molar-refractivity contribution in [1.82, 2.24) is 15.1 Å². The van der Waals surface area contributed by atoms with Gasteiger partial charge in [0, 0.05) is 5.56 Å². The highest BCUT2D eigenvalue weighted by Crippen LogP contribution is 2.33.